The zero-order valence-electron chi connectivity index (χ0n) is 42.2. The van der Waals surface area contributed by atoms with Crippen molar-refractivity contribution in [1.82, 2.24) is 20.8 Å². The quantitative estimate of drug-likeness (QED) is 0.0430. The first kappa shape index (κ1) is 60.6. The summed E-state index contributed by atoms with van der Waals surface area (Å²) in [5, 5.41) is 7.19. The van der Waals surface area contributed by atoms with Gasteiger partial charge in [-0.2, -0.15) is 0 Å². The lowest BCUT2D eigenvalue weighted by molar-refractivity contribution is -0.197. The topological polar surface area (TPSA) is 220 Å². The maximum absolute atomic E-state index is 12.3. The van der Waals surface area contributed by atoms with Crippen LogP contribution in [-0.4, -0.2) is 82.2 Å². The summed E-state index contributed by atoms with van der Waals surface area (Å²) in [6.45, 7) is 1.35. The van der Waals surface area contributed by atoms with Gasteiger partial charge in [0.25, 0.3) is 23.6 Å². The van der Waals surface area contributed by atoms with Crippen LogP contribution in [0.15, 0.2) is 0 Å². The van der Waals surface area contributed by atoms with E-state index in [1.807, 2.05) is 0 Å². The summed E-state index contributed by atoms with van der Waals surface area (Å²) in [6, 6.07) is 0. The molecule has 392 valence electrons. The molecule has 0 aromatic rings. The van der Waals surface area contributed by atoms with Gasteiger partial charge in [-0.25, -0.2) is 9.59 Å². The summed E-state index contributed by atoms with van der Waals surface area (Å²) >= 11 is 0. The number of rotatable bonds is 46. The van der Waals surface area contributed by atoms with Crippen molar-refractivity contribution < 1.29 is 57.6 Å². The Morgan fingerprint density at radius 2 is 0.522 bits per heavy atom. The Bertz CT molecular complexity index is 1420. The molecule has 16 nitrogen and oxygen atoms in total. The predicted octanol–water partition coefficient (Wildman–Crippen LogP) is 10.0. The minimum Gasteiger partial charge on any atom is -0.356 e. The fraction of sp³-hybridized carbons (Fsp3) is 0.811. The molecule has 0 aliphatic carbocycles. The van der Waals surface area contributed by atoms with E-state index in [1.165, 1.54) is 0 Å². The Morgan fingerprint density at radius 1 is 0.304 bits per heavy atom. The van der Waals surface area contributed by atoms with Crippen molar-refractivity contribution in [2.24, 2.45) is 0 Å². The predicted molar refractivity (Wildman–Crippen MR) is 261 cm³/mol. The molecule has 16 heteroatoms. The largest absolute Gasteiger partial charge is 0.356 e. The average Bonchev–Trinajstić information content (AvgIpc) is 3.81. The second kappa shape index (κ2) is 40.3. The molecule has 2 heterocycles. The van der Waals surface area contributed by atoms with Crippen LogP contribution in [0.25, 0.3) is 0 Å². The molecule has 0 atom stereocenters. The lowest BCUT2D eigenvalue weighted by Gasteiger charge is -2.12. The minimum absolute atomic E-state index is 0.0847. The number of unbranched alkanes of at least 4 members (excludes halogenated alkanes) is 24. The molecule has 0 bridgehead atoms. The number of hydroxylamine groups is 4. The summed E-state index contributed by atoms with van der Waals surface area (Å²) in [4.78, 5) is 128. The van der Waals surface area contributed by atoms with Gasteiger partial charge in [-0.15, -0.1) is 10.1 Å². The number of Topliss-reactive ketones (excluding diaryl/α,β-unsaturated/α-hetero) is 2. The Hall–Kier alpha value is -4.50. The van der Waals surface area contributed by atoms with Crippen LogP contribution in [0.5, 0.6) is 0 Å². The monoisotopic (exact) mass is 973 g/mol. The van der Waals surface area contributed by atoms with Crippen LogP contribution in [0.4, 0.5) is 0 Å². The minimum atomic E-state index is -0.561. The van der Waals surface area contributed by atoms with E-state index in [-0.39, 0.29) is 50.3 Å². The number of amides is 6. The van der Waals surface area contributed by atoms with Crippen LogP contribution in [0.2, 0.25) is 0 Å². The van der Waals surface area contributed by atoms with Gasteiger partial charge < -0.3 is 20.3 Å². The number of hydrogen-bond donors (Lipinski definition) is 2. The van der Waals surface area contributed by atoms with Crippen molar-refractivity contribution in [1.29, 1.82) is 0 Å². The molecular weight excluding hydrogens is 885 g/mol. The number of imide groups is 2. The highest BCUT2D eigenvalue weighted by Crippen LogP contribution is 2.18. The van der Waals surface area contributed by atoms with Crippen LogP contribution >= 0.6 is 0 Å². The van der Waals surface area contributed by atoms with Gasteiger partial charge >= 0.3 is 11.9 Å². The number of nitrogens with one attached hydrogen (secondary N) is 2. The number of hydrogen-bond acceptors (Lipinski definition) is 12. The van der Waals surface area contributed by atoms with Gasteiger partial charge in [0.05, 0.1) is 0 Å². The molecule has 2 N–H and O–H groups in total. The van der Waals surface area contributed by atoms with E-state index in [0.717, 1.165) is 173 Å². The SMILES string of the molecule is O=C(CCCCCCCCCC(=O)NCCCCCCCC(=O)CCCCCCCCC(=O)ON1C(=O)CCC1=O)CCCCCCCCC(=O)NCCCCCCCC(=O)ON1C(=O)CCC1=O. The molecule has 2 saturated heterocycles. The van der Waals surface area contributed by atoms with Crippen molar-refractivity contribution in [3.8, 4) is 0 Å². The third-order valence-electron chi connectivity index (χ3n) is 12.8. The third-order valence-corrected chi connectivity index (χ3v) is 12.8. The first-order chi connectivity index (χ1) is 33.5. The van der Waals surface area contributed by atoms with E-state index in [1.54, 1.807) is 0 Å². The third kappa shape index (κ3) is 32.9. The maximum Gasteiger partial charge on any atom is 0.333 e. The van der Waals surface area contributed by atoms with Gasteiger partial charge in [0.15, 0.2) is 0 Å². The summed E-state index contributed by atoms with van der Waals surface area (Å²) < 4.78 is 0. The molecule has 69 heavy (non-hydrogen) atoms. The van der Waals surface area contributed by atoms with Crippen molar-refractivity contribution in [3.05, 3.63) is 0 Å². The van der Waals surface area contributed by atoms with E-state index in [9.17, 15) is 47.9 Å². The fourth-order valence-corrected chi connectivity index (χ4v) is 8.50. The summed E-state index contributed by atoms with van der Waals surface area (Å²) in [5.41, 5.74) is 0. The highest BCUT2D eigenvalue weighted by Gasteiger charge is 2.33. The first-order valence-corrected chi connectivity index (χ1v) is 27.2. The molecule has 0 unspecified atom stereocenters. The highest BCUT2D eigenvalue weighted by molar-refractivity contribution is 6.02. The number of nitrogens with zero attached hydrogens (tertiary/aromatic N) is 2. The van der Waals surface area contributed by atoms with E-state index >= 15 is 0 Å². The molecular formula is C53H88N4O12. The average molecular weight is 973 g/mol. The Balaban J connectivity index is 1.22. The second-order valence-electron chi connectivity index (χ2n) is 19.1. The Kier molecular flexibility index (Phi) is 35.4. The standard InChI is InChI=1S/C53H88N4O12/c58-44(31-21-11-4-6-15-25-35-47(61)55-43-29-19-9-17-27-37-53(67)69-57-50(64)40-41-51(57)65)30-20-10-2-1-3-14-24-34-46(60)54-42-28-18-8-13-23-33-45(59)32-22-12-5-7-16-26-36-52(66)68-56-48(62)38-39-49(56)63/h1-43H2,(H,54,60)(H,55,61). The van der Waals surface area contributed by atoms with E-state index in [2.05, 4.69) is 10.6 Å². The first-order valence-electron chi connectivity index (χ1n) is 27.2. The molecule has 0 aromatic heterocycles. The van der Waals surface area contributed by atoms with Crippen molar-refractivity contribution in [3.63, 3.8) is 0 Å². The van der Waals surface area contributed by atoms with Crippen LogP contribution in [-0.2, 0) is 57.6 Å². The molecule has 6 amide bonds. The molecule has 0 radical (unpaired) electrons. The highest BCUT2D eigenvalue weighted by atomic mass is 16.7. The molecule has 2 aliphatic heterocycles. The molecule has 0 aromatic carbocycles. The molecule has 0 saturated carbocycles. The van der Waals surface area contributed by atoms with E-state index in [0.29, 0.717) is 86.1 Å². The van der Waals surface area contributed by atoms with Gasteiger partial charge in [-0.1, -0.05) is 122 Å². The van der Waals surface area contributed by atoms with Crippen molar-refractivity contribution in [2.45, 2.75) is 263 Å². The van der Waals surface area contributed by atoms with Crippen molar-refractivity contribution >= 4 is 58.9 Å². The Morgan fingerprint density at radius 3 is 0.797 bits per heavy atom. The van der Waals surface area contributed by atoms with Crippen LogP contribution in [0.3, 0.4) is 0 Å². The van der Waals surface area contributed by atoms with Gasteiger partial charge in [0.1, 0.15) is 11.6 Å². The smallest absolute Gasteiger partial charge is 0.333 e. The lowest BCUT2D eigenvalue weighted by Crippen LogP contribution is -2.31. The van der Waals surface area contributed by atoms with Gasteiger partial charge in [0, 0.05) is 90.1 Å². The van der Waals surface area contributed by atoms with Crippen LogP contribution in [0.1, 0.15) is 263 Å². The number of ketones is 2. The molecule has 2 fully saturated rings. The van der Waals surface area contributed by atoms with Crippen molar-refractivity contribution in [2.75, 3.05) is 13.1 Å². The molecule has 0 spiro atoms. The van der Waals surface area contributed by atoms with Gasteiger partial charge in [-0.05, 0) is 64.2 Å². The van der Waals surface area contributed by atoms with E-state index < -0.39 is 35.6 Å². The molecule has 2 rings (SSSR count). The normalized spacial score (nSPS) is 13.6. The summed E-state index contributed by atoms with van der Waals surface area (Å²) in [5.74, 6) is -2.07. The molecule has 2 aliphatic rings. The zero-order valence-corrected chi connectivity index (χ0v) is 42.2. The Labute approximate surface area is 412 Å². The van der Waals surface area contributed by atoms with Gasteiger partial charge in [0.2, 0.25) is 11.8 Å². The number of carbonyl (C=O) groups is 10. The van der Waals surface area contributed by atoms with Gasteiger partial charge in [-0.3, -0.25) is 38.4 Å². The summed E-state index contributed by atoms with van der Waals surface area (Å²) in [6.07, 6.45) is 32.5. The van der Waals surface area contributed by atoms with Crippen LogP contribution in [0, 0.1) is 0 Å². The zero-order chi connectivity index (χ0) is 50.2. The van der Waals surface area contributed by atoms with Crippen LogP contribution < -0.4 is 10.6 Å². The van der Waals surface area contributed by atoms with E-state index in [4.69, 9.17) is 9.68 Å². The maximum atomic E-state index is 12.3. The fourth-order valence-electron chi connectivity index (χ4n) is 8.50. The second-order valence-corrected chi connectivity index (χ2v) is 19.1. The number of carbonyl (C=O) groups excluding carboxylic acids is 10. The summed E-state index contributed by atoms with van der Waals surface area (Å²) in [7, 11) is 0. The lowest BCUT2D eigenvalue weighted by atomic mass is 10.0.